The standard InChI is InChI=1S/C18H36N2/c1-6-19-17-11-14(4)10-15(5)16(17)12-20-9-7-8-18(20)13(2)3/h13-19H,6-12H2,1-5H3. The van der Waals surface area contributed by atoms with Crippen molar-refractivity contribution in [3.8, 4) is 0 Å². The van der Waals surface area contributed by atoms with Crippen LogP contribution in [0.1, 0.15) is 60.3 Å². The molecule has 1 saturated carbocycles. The van der Waals surface area contributed by atoms with Crippen LogP contribution in [0.25, 0.3) is 0 Å². The number of rotatable bonds is 5. The van der Waals surface area contributed by atoms with E-state index < -0.39 is 0 Å². The molecule has 2 aliphatic rings. The van der Waals surface area contributed by atoms with Gasteiger partial charge in [0.05, 0.1) is 0 Å². The average molecular weight is 280 g/mol. The molecule has 0 bridgehead atoms. The Hall–Kier alpha value is -0.0800. The molecule has 2 fully saturated rings. The van der Waals surface area contributed by atoms with Crippen LogP contribution in [0.2, 0.25) is 0 Å². The predicted molar refractivity (Wildman–Crippen MR) is 87.9 cm³/mol. The molecule has 2 rings (SSSR count). The Labute approximate surface area is 126 Å². The van der Waals surface area contributed by atoms with Crippen molar-refractivity contribution in [3.63, 3.8) is 0 Å². The summed E-state index contributed by atoms with van der Waals surface area (Å²) in [5, 5.41) is 3.79. The lowest BCUT2D eigenvalue weighted by Crippen LogP contribution is -2.50. The van der Waals surface area contributed by atoms with Crippen molar-refractivity contribution in [2.75, 3.05) is 19.6 Å². The molecule has 0 aromatic heterocycles. The topological polar surface area (TPSA) is 15.3 Å². The molecule has 2 nitrogen and oxygen atoms in total. The molecule has 0 spiro atoms. The van der Waals surface area contributed by atoms with Crippen molar-refractivity contribution in [1.29, 1.82) is 0 Å². The van der Waals surface area contributed by atoms with Gasteiger partial charge in [-0.2, -0.15) is 0 Å². The highest BCUT2D eigenvalue weighted by molar-refractivity contribution is 4.92. The summed E-state index contributed by atoms with van der Waals surface area (Å²) < 4.78 is 0. The quantitative estimate of drug-likeness (QED) is 0.825. The molecule has 118 valence electrons. The van der Waals surface area contributed by atoms with Gasteiger partial charge in [0, 0.05) is 18.6 Å². The van der Waals surface area contributed by atoms with Crippen molar-refractivity contribution in [2.24, 2.45) is 23.7 Å². The number of nitrogens with zero attached hydrogens (tertiary/aromatic N) is 1. The molecule has 1 aliphatic carbocycles. The predicted octanol–water partition coefficient (Wildman–Crippen LogP) is 3.77. The fourth-order valence-corrected chi connectivity index (χ4v) is 4.82. The van der Waals surface area contributed by atoms with E-state index in [1.54, 1.807) is 0 Å². The Balaban J connectivity index is 2.00. The number of hydrogen-bond acceptors (Lipinski definition) is 2. The van der Waals surface area contributed by atoms with Crippen molar-refractivity contribution in [1.82, 2.24) is 10.2 Å². The summed E-state index contributed by atoms with van der Waals surface area (Å²) in [5.74, 6) is 3.43. The second-order valence-electron chi connectivity index (χ2n) is 7.83. The maximum Gasteiger partial charge on any atom is 0.0119 e. The van der Waals surface area contributed by atoms with Gasteiger partial charge >= 0.3 is 0 Å². The largest absolute Gasteiger partial charge is 0.314 e. The summed E-state index contributed by atoms with van der Waals surface area (Å²) in [6.07, 6.45) is 5.63. The van der Waals surface area contributed by atoms with Crippen LogP contribution in [0.3, 0.4) is 0 Å². The summed E-state index contributed by atoms with van der Waals surface area (Å²) in [6.45, 7) is 15.8. The van der Waals surface area contributed by atoms with Gasteiger partial charge in [0.25, 0.3) is 0 Å². The first-order valence-electron chi connectivity index (χ1n) is 9.00. The van der Waals surface area contributed by atoms with Gasteiger partial charge in [0.15, 0.2) is 0 Å². The van der Waals surface area contributed by atoms with Crippen LogP contribution in [-0.2, 0) is 0 Å². The maximum atomic E-state index is 3.79. The lowest BCUT2D eigenvalue weighted by molar-refractivity contribution is 0.0863. The van der Waals surface area contributed by atoms with Gasteiger partial charge in [0.1, 0.15) is 0 Å². The average Bonchev–Trinajstić information content (AvgIpc) is 2.82. The van der Waals surface area contributed by atoms with Crippen molar-refractivity contribution < 1.29 is 0 Å². The molecule has 1 heterocycles. The van der Waals surface area contributed by atoms with Crippen molar-refractivity contribution >= 4 is 0 Å². The van der Waals surface area contributed by atoms with E-state index in [4.69, 9.17) is 0 Å². The molecule has 5 atom stereocenters. The second kappa shape index (κ2) is 7.26. The minimum absolute atomic E-state index is 0.743. The monoisotopic (exact) mass is 280 g/mol. The minimum Gasteiger partial charge on any atom is -0.314 e. The van der Waals surface area contributed by atoms with Crippen LogP contribution in [0.5, 0.6) is 0 Å². The van der Waals surface area contributed by atoms with Crippen LogP contribution >= 0.6 is 0 Å². The first kappa shape index (κ1) is 16.3. The number of hydrogen-bond donors (Lipinski definition) is 1. The first-order valence-corrected chi connectivity index (χ1v) is 9.00. The van der Waals surface area contributed by atoms with Gasteiger partial charge in [-0.3, -0.25) is 4.90 Å². The van der Waals surface area contributed by atoms with Crippen LogP contribution < -0.4 is 5.32 Å². The Morgan fingerprint density at radius 3 is 2.60 bits per heavy atom. The minimum atomic E-state index is 0.743. The van der Waals surface area contributed by atoms with Crippen LogP contribution in [0.4, 0.5) is 0 Å². The molecule has 1 N–H and O–H groups in total. The van der Waals surface area contributed by atoms with Crippen molar-refractivity contribution in [2.45, 2.75) is 72.4 Å². The third kappa shape index (κ3) is 3.76. The summed E-state index contributed by atoms with van der Waals surface area (Å²) in [4.78, 5) is 2.81. The molecule has 0 aromatic rings. The summed E-state index contributed by atoms with van der Waals surface area (Å²) in [7, 11) is 0. The second-order valence-corrected chi connectivity index (χ2v) is 7.83. The lowest BCUT2D eigenvalue weighted by atomic mass is 9.72. The molecular formula is C18H36N2. The first-order chi connectivity index (χ1) is 9.52. The van der Waals surface area contributed by atoms with Crippen molar-refractivity contribution in [3.05, 3.63) is 0 Å². The third-order valence-electron chi connectivity index (χ3n) is 5.77. The smallest absolute Gasteiger partial charge is 0.0119 e. The Kier molecular flexibility index (Phi) is 5.92. The zero-order chi connectivity index (χ0) is 14.7. The fraction of sp³-hybridized carbons (Fsp3) is 1.00. The normalized spacial score (nSPS) is 39.6. The summed E-state index contributed by atoms with van der Waals surface area (Å²) >= 11 is 0. The summed E-state index contributed by atoms with van der Waals surface area (Å²) in [6, 6.07) is 1.58. The molecule has 0 radical (unpaired) electrons. The third-order valence-corrected chi connectivity index (χ3v) is 5.77. The van der Waals surface area contributed by atoms with E-state index in [0.29, 0.717) is 0 Å². The molecule has 1 aliphatic heterocycles. The van der Waals surface area contributed by atoms with Gasteiger partial charge < -0.3 is 5.32 Å². The highest BCUT2D eigenvalue weighted by Crippen LogP contribution is 2.36. The van der Waals surface area contributed by atoms with Crippen LogP contribution in [-0.4, -0.2) is 36.6 Å². The van der Waals surface area contributed by atoms with E-state index in [2.05, 4.69) is 44.8 Å². The molecule has 5 unspecified atom stereocenters. The summed E-state index contributed by atoms with van der Waals surface area (Å²) in [5.41, 5.74) is 0. The highest BCUT2D eigenvalue weighted by Gasteiger charge is 2.37. The van der Waals surface area contributed by atoms with Crippen LogP contribution in [0, 0.1) is 23.7 Å². The SMILES string of the molecule is CCNC1CC(C)CC(C)C1CN1CCCC1C(C)C. The number of likely N-dealkylation sites (tertiary alicyclic amines) is 1. The molecule has 0 aromatic carbocycles. The fourth-order valence-electron chi connectivity index (χ4n) is 4.82. The van der Waals surface area contributed by atoms with Gasteiger partial charge in [0.2, 0.25) is 0 Å². The molecule has 20 heavy (non-hydrogen) atoms. The van der Waals surface area contributed by atoms with E-state index >= 15 is 0 Å². The highest BCUT2D eigenvalue weighted by atomic mass is 15.2. The van der Waals surface area contributed by atoms with Gasteiger partial charge in [-0.15, -0.1) is 0 Å². The van der Waals surface area contributed by atoms with E-state index in [9.17, 15) is 0 Å². The lowest BCUT2D eigenvalue weighted by Gasteiger charge is -2.43. The maximum absolute atomic E-state index is 3.79. The Morgan fingerprint density at radius 1 is 1.20 bits per heavy atom. The van der Waals surface area contributed by atoms with Gasteiger partial charge in [-0.05, 0) is 62.4 Å². The molecule has 2 heteroatoms. The molecular weight excluding hydrogens is 244 g/mol. The van der Waals surface area contributed by atoms with E-state index in [-0.39, 0.29) is 0 Å². The van der Waals surface area contributed by atoms with E-state index in [1.807, 2.05) is 0 Å². The molecule has 1 saturated heterocycles. The zero-order valence-corrected chi connectivity index (χ0v) is 14.4. The van der Waals surface area contributed by atoms with Gasteiger partial charge in [-0.1, -0.05) is 34.6 Å². The Morgan fingerprint density at radius 2 is 1.95 bits per heavy atom. The van der Waals surface area contributed by atoms with Crippen LogP contribution in [0.15, 0.2) is 0 Å². The zero-order valence-electron chi connectivity index (χ0n) is 14.4. The number of nitrogens with one attached hydrogen (secondary N) is 1. The van der Waals surface area contributed by atoms with E-state index in [0.717, 1.165) is 42.3 Å². The van der Waals surface area contributed by atoms with Gasteiger partial charge in [-0.25, -0.2) is 0 Å². The molecule has 0 amide bonds. The van der Waals surface area contributed by atoms with E-state index in [1.165, 1.54) is 38.8 Å². The Bertz CT molecular complexity index is 289.